The first kappa shape index (κ1) is 17.1. The Labute approximate surface area is 151 Å². The summed E-state index contributed by atoms with van der Waals surface area (Å²) in [6.45, 7) is 2.09. The molecular formula is C19H20N4OS. The summed E-state index contributed by atoms with van der Waals surface area (Å²) in [5, 5.41) is 3.51. The van der Waals surface area contributed by atoms with Crippen LogP contribution >= 0.6 is 11.8 Å². The highest BCUT2D eigenvalue weighted by Crippen LogP contribution is 2.23. The van der Waals surface area contributed by atoms with Gasteiger partial charge in [0.25, 0.3) is 0 Å². The average Bonchev–Trinajstić information content (AvgIpc) is 3.02. The molecule has 5 nitrogen and oxygen atoms in total. The molecule has 3 rings (SSSR count). The third-order valence-electron chi connectivity index (χ3n) is 3.72. The van der Waals surface area contributed by atoms with Gasteiger partial charge in [0, 0.05) is 11.3 Å². The van der Waals surface area contributed by atoms with Crippen molar-refractivity contribution in [3.63, 3.8) is 0 Å². The summed E-state index contributed by atoms with van der Waals surface area (Å²) < 4.78 is 1.46. The van der Waals surface area contributed by atoms with Crippen molar-refractivity contribution in [3.8, 4) is 11.3 Å². The molecule has 0 bridgehead atoms. The van der Waals surface area contributed by atoms with E-state index in [0.717, 1.165) is 23.4 Å². The number of anilines is 1. The fourth-order valence-electron chi connectivity index (χ4n) is 2.43. The SMILES string of the molecule is CCc1cccc(NC(=O)CSc2nc(-c3ccccc3)cn2N)c1. The first-order valence-electron chi connectivity index (χ1n) is 8.07. The van der Waals surface area contributed by atoms with Crippen LogP contribution in [-0.4, -0.2) is 21.3 Å². The van der Waals surface area contributed by atoms with Crippen LogP contribution in [-0.2, 0) is 11.2 Å². The van der Waals surface area contributed by atoms with Crippen molar-refractivity contribution in [2.75, 3.05) is 16.9 Å². The fraction of sp³-hybridized carbons (Fsp3) is 0.158. The quantitative estimate of drug-likeness (QED) is 0.525. The molecule has 1 aromatic heterocycles. The third-order valence-corrected chi connectivity index (χ3v) is 4.69. The van der Waals surface area contributed by atoms with Crippen LogP contribution < -0.4 is 11.2 Å². The van der Waals surface area contributed by atoms with Gasteiger partial charge in [-0.2, -0.15) is 0 Å². The van der Waals surface area contributed by atoms with Crippen LogP contribution in [0.3, 0.4) is 0 Å². The number of nitrogens with one attached hydrogen (secondary N) is 1. The molecule has 0 aliphatic heterocycles. The Balaban J connectivity index is 1.61. The van der Waals surface area contributed by atoms with Crippen LogP contribution in [0.4, 0.5) is 5.69 Å². The predicted octanol–water partition coefficient (Wildman–Crippen LogP) is 3.56. The van der Waals surface area contributed by atoms with Gasteiger partial charge in [0.15, 0.2) is 5.16 Å². The van der Waals surface area contributed by atoms with Gasteiger partial charge in [0.05, 0.1) is 17.6 Å². The molecule has 0 aliphatic carbocycles. The molecule has 6 heteroatoms. The maximum Gasteiger partial charge on any atom is 0.234 e. The molecule has 2 aromatic carbocycles. The Morgan fingerprint density at radius 2 is 2.00 bits per heavy atom. The van der Waals surface area contributed by atoms with Gasteiger partial charge in [-0.3, -0.25) is 4.79 Å². The molecule has 25 heavy (non-hydrogen) atoms. The number of amides is 1. The van der Waals surface area contributed by atoms with Crippen molar-refractivity contribution >= 4 is 23.4 Å². The Kier molecular flexibility index (Phi) is 5.40. The number of aromatic nitrogens is 2. The molecule has 0 unspecified atom stereocenters. The molecule has 1 heterocycles. The smallest absolute Gasteiger partial charge is 0.234 e. The van der Waals surface area contributed by atoms with Crippen LogP contribution in [0.25, 0.3) is 11.3 Å². The van der Waals surface area contributed by atoms with E-state index in [9.17, 15) is 4.79 Å². The van der Waals surface area contributed by atoms with Crippen LogP contribution in [0.15, 0.2) is 66.0 Å². The number of aryl methyl sites for hydroxylation is 1. The van der Waals surface area contributed by atoms with Crippen molar-refractivity contribution in [2.45, 2.75) is 18.5 Å². The molecule has 0 spiro atoms. The molecule has 0 saturated carbocycles. The normalized spacial score (nSPS) is 10.6. The zero-order valence-electron chi connectivity index (χ0n) is 14.0. The number of rotatable bonds is 6. The van der Waals surface area contributed by atoms with Crippen LogP contribution in [0.5, 0.6) is 0 Å². The van der Waals surface area contributed by atoms with E-state index in [-0.39, 0.29) is 11.7 Å². The number of hydrogen-bond donors (Lipinski definition) is 2. The standard InChI is InChI=1S/C19H20N4OS/c1-2-14-7-6-10-16(11-14)21-18(24)13-25-19-22-17(12-23(19)20)15-8-4-3-5-9-15/h3-12H,2,13,20H2,1H3,(H,21,24). The van der Waals surface area contributed by atoms with E-state index in [2.05, 4.69) is 17.2 Å². The van der Waals surface area contributed by atoms with Crippen molar-refractivity contribution in [1.82, 2.24) is 9.66 Å². The monoisotopic (exact) mass is 352 g/mol. The second-order valence-corrected chi connectivity index (χ2v) is 6.52. The summed E-state index contributed by atoms with van der Waals surface area (Å²) in [6, 6.07) is 17.7. The van der Waals surface area contributed by atoms with Gasteiger partial charge in [-0.05, 0) is 24.1 Å². The van der Waals surface area contributed by atoms with Crippen molar-refractivity contribution in [1.29, 1.82) is 0 Å². The second-order valence-electron chi connectivity index (χ2n) is 5.57. The summed E-state index contributed by atoms with van der Waals surface area (Å²) >= 11 is 1.31. The highest BCUT2D eigenvalue weighted by atomic mass is 32.2. The van der Waals surface area contributed by atoms with E-state index >= 15 is 0 Å². The van der Waals surface area contributed by atoms with E-state index in [1.54, 1.807) is 6.20 Å². The molecule has 128 valence electrons. The number of nitrogens with zero attached hydrogens (tertiary/aromatic N) is 2. The lowest BCUT2D eigenvalue weighted by Gasteiger charge is -2.06. The maximum atomic E-state index is 12.2. The largest absolute Gasteiger partial charge is 0.337 e. The lowest BCUT2D eigenvalue weighted by molar-refractivity contribution is -0.113. The maximum absolute atomic E-state index is 12.2. The van der Waals surface area contributed by atoms with Gasteiger partial charge >= 0.3 is 0 Å². The van der Waals surface area contributed by atoms with Crippen LogP contribution in [0, 0.1) is 0 Å². The Morgan fingerprint density at radius 3 is 2.76 bits per heavy atom. The topological polar surface area (TPSA) is 72.9 Å². The van der Waals surface area contributed by atoms with E-state index in [4.69, 9.17) is 5.84 Å². The average molecular weight is 352 g/mol. The first-order chi connectivity index (χ1) is 12.2. The lowest BCUT2D eigenvalue weighted by Crippen LogP contribution is -2.15. The van der Waals surface area contributed by atoms with E-state index in [1.165, 1.54) is 22.0 Å². The number of carbonyl (C=O) groups excluding carboxylic acids is 1. The Morgan fingerprint density at radius 1 is 1.20 bits per heavy atom. The number of thioether (sulfide) groups is 1. The molecule has 1 amide bonds. The summed E-state index contributed by atoms with van der Waals surface area (Å²) in [6.07, 6.45) is 2.70. The molecule has 0 saturated heterocycles. The third kappa shape index (κ3) is 4.42. The van der Waals surface area contributed by atoms with E-state index in [0.29, 0.717) is 5.16 Å². The Hall–Kier alpha value is -2.73. The predicted molar refractivity (Wildman–Crippen MR) is 103 cm³/mol. The van der Waals surface area contributed by atoms with Crippen LogP contribution in [0.1, 0.15) is 12.5 Å². The van der Waals surface area contributed by atoms with Gasteiger partial charge in [0.1, 0.15) is 0 Å². The summed E-state index contributed by atoms with van der Waals surface area (Å²) in [5.41, 5.74) is 3.79. The number of imidazole rings is 1. The van der Waals surface area contributed by atoms with Crippen molar-refractivity contribution in [2.24, 2.45) is 0 Å². The van der Waals surface area contributed by atoms with Gasteiger partial charge < -0.3 is 11.2 Å². The molecule has 0 radical (unpaired) electrons. The first-order valence-corrected chi connectivity index (χ1v) is 9.05. The molecule has 0 atom stereocenters. The molecule has 3 aromatic rings. The zero-order chi connectivity index (χ0) is 17.6. The number of nitrogen functional groups attached to an aromatic ring is 1. The minimum absolute atomic E-state index is 0.0810. The highest BCUT2D eigenvalue weighted by molar-refractivity contribution is 7.99. The summed E-state index contributed by atoms with van der Waals surface area (Å²) in [5.74, 6) is 6.12. The van der Waals surface area contributed by atoms with E-state index in [1.807, 2.05) is 54.6 Å². The zero-order valence-corrected chi connectivity index (χ0v) is 14.8. The van der Waals surface area contributed by atoms with Gasteiger partial charge in [0.2, 0.25) is 5.91 Å². The van der Waals surface area contributed by atoms with Gasteiger partial charge in [-0.15, -0.1) is 0 Å². The fourth-order valence-corrected chi connectivity index (χ4v) is 3.12. The molecular weight excluding hydrogens is 332 g/mol. The minimum Gasteiger partial charge on any atom is -0.337 e. The lowest BCUT2D eigenvalue weighted by atomic mass is 10.1. The van der Waals surface area contributed by atoms with Crippen LogP contribution in [0.2, 0.25) is 0 Å². The van der Waals surface area contributed by atoms with Crippen molar-refractivity contribution < 1.29 is 4.79 Å². The summed E-state index contributed by atoms with van der Waals surface area (Å²) in [7, 11) is 0. The number of benzene rings is 2. The number of nitrogens with two attached hydrogens (primary N) is 1. The second kappa shape index (κ2) is 7.90. The highest BCUT2D eigenvalue weighted by Gasteiger charge is 2.11. The molecule has 0 aliphatic rings. The van der Waals surface area contributed by atoms with Gasteiger partial charge in [-0.25, -0.2) is 9.66 Å². The molecule has 0 fully saturated rings. The van der Waals surface area contributed by atoms with E-state index < -0.39 is 0 Å². The number of hydrogen-bond acceptors (Lipinski definition) is 4. The van der Waals surface area contributed by atoms with Crippen molar-refractivity contribution in [3.05, 3.63) is 66.4 Å². The minimum atomic E-state index is -0.0810. The molecule has 3 N–H and O–H groups in total. The number of carbonyl (C=O) groups is 1. The Bertz CT molecular complexity index is 861. The summed E-state index contributed by atoms with van der Waals surface area (Å²) in [4.78, 5) is 16.7. The van der Waals surface area contributed by atoms with Gasteiger partial charge in [-0.1, -0.05) is 61.2 Å².